The third-order valence-corrected chi connectivity index (χ3v) is 4.12. The molecule has 4 nitrogen and oxygen atoms in total. The average molecular weight is 253 g/mol. The van der Waals surface area contributed by atoms with Gasteiger partial charge in [-0.05, 0) is 19.3 Å². The Hall–Kier alpha value is -0.940. The van der Waals surface area contributed by atoms with Crippen LogP contribution in [-0.2, 0) is 17.8 Å². The minimum atomic E-state index is 0.161. The number of aryl methyl sites for hydroxylation is 1. The molecule has 2 N–H and O–H groups in total. The number of hydrogen-bond donors (Lipinski definition) is 2. The minimum absolute atomic E-state index is 0.161. The van der Waals surface area contributed by atoms with E-state index < -0.39 is 0 Å². The fraction of sp³-hybridized carbons (Fsp3) is 0.667. The molecule has 2 heterocycles. The van der Waals surface area contributed by atoms with Gasteiger partial charge in [-0.25, -0.2) is 4.98 Å². The van der Waals surface area contributed by atoms with E-state index in [0.717, 1.165) is 37.4 Å². The molecule has 1 saturated heterocycles. The first kappa shape index (κ1) is 12.5. The lowest BCUT2D eigenvalue weighted by atomic mass is 10.1. The first-order valence-corrected chi connectivity index (χ1v) is 7.03. The molecule has 94 valence electrons. The molecule has 1 aromatic rings. The Bertz CT molecular complexity index is 378. The van der Waals surface area contributed by atoms with Crippen molar-refractivity contribution >= 4 is 17.2 Å². The zero-order chi connectivity index (χ0) is 12.1. The number of carbonyl (C=O) groups excluding carboxylic acids is 1. The van der Waals surface area contributed by atoms with Gasteiger partial charge in [0, 0.05) is 36.6 Å². The number of amides is 1. The van der Waals surface area contributed by atoms with Gasteiger partial charge in [-0.3, -0.25) is 4.79 Å². The monoisotopic (exact) mass is 253 g/mol. The largest absolute Gasteiger partial charge is 0.356 e. The Kier molecular flexibility index (Phi) is 4.50. The summed E-state index contributed by atoms with van der Waals surface area (Å²) in [5.74, 6) is 0.161. The van der Waals surface area contributed by atoms with Gasteiger partial charge in [0.15, 0.2) is 0 Å². The van der Waals surface area contributed by atoms with Crippen molar-refractivity contribution in [2.75, 3.05) is 6.54 Å². The Balaban J connectivity index is 1.82. The van der Waals surface area contributed by atoms with Gasteiger partial charge in [0.2, 0.25) is 5.91 Å². The van der Waals surface area contributed by atoms with Crippen LogP contribution in [0.3, 0.4) is 0 Å². The smallest absolute Gasteiger partial charge is 0.221 e. The Labute approximate surface area is 106 Å². The van der Waals surface area contributed by atoms with Gasteiger partial charge in [-0.15, -0.1) is 11.3 Å². The van der Waals surface area contributed by atoms with E-state index in [4.69, 9.17) is 0 Å². The Morgan fingerprint density at radius 2 is 2.53 bits per heavy atom. The lowest BCUT2D eigenvalue weighted by Gasteiger charge is -2.13. The van der Waals surface area contributed by atoms with E-state index in [-0.39, 0.29) is 5.91 Å². The van der Waals surface area contributed by atoms with E-state index >= 15 is 0 Å². The van der Waals surface area contributed by atoms with Crippen molar-refractivity contribution in [3.05, 3.63) is 16.1 Å². The van der Waals surface area contributed by atoms with E-state index in [0.29, 0.717) is 12.5 Å². The number of carbonyl (C=O) groups is 1. The Morgan fingerprint density at radius 1 is 1.65 bits per heavy atom. The summed E-state index contributed by atoms with van der Waals surface area (Å²) in [6.07, 6.45) is 5.70. The summed E-state index contributed by atoms with van der Waals surface area (Å²) < 4.78 is 0. The standard InChI is InChI=1S/C12H19N3OS/c1-2-10-7-15-12(17-10)8-14-9-4-3-5-13-11(16)6-9/h7,9,14H,2-6,8H2,1H3,(H,13,16). The van der Waals surface area contributed by atoms with E-state index in [1.807, 2.05) is 6.20 Å². The molecular formula is C12H19N3OS. The molecule has 0 bridgehead atoms. The van der Waals surface area contributed by atoms with Crippen molar-refractivity contribution in [2.24, 2.45) is 0 Å². The van der Waals surface area contributed by atoms with Crippen LogP contribution in [0.25, 0.3) is 0 Å². The van der Waals surface area contributed by atoms with Crippen LogP contribution < -0.4 is 10.6 Å². The van der Waals surface area contributed by atoms with Gasteiger partial charge in [0.05, 0.1) is 0 Å². The second-order valence-corrected chi connectivity index (χ2v) is 5.55. The summed E-state index contributed by atoms with van der Waals surface area (Å²) in [4.78, 5) is 17.1. The predicted octanol–water partition coefficient (Wildman–Crippen LogP) is 1.46. The second kappa shape index (κ2) is 6.12. The molecular weight excluding hydrogens is 234 g/mol. The van der Waals surface area contributed by atoms with Crippen molar-refractivity contribution in [1.29, 1.82) is 0 Å². The zero-order valence-corrected chi connectivity index (χ0v) is 11.0. The highest BCUT2D eigenvalue weighted by Crippen LogP contribution is 2.14. The normalized spacial score (nSPS) is 21.0. The van der Waals surface area contributed by atoms with Crippen LogP contribution in [-0.4, -0.2) is 23.5 Å². The summed E-state index contributed by atoms with van der Waals surface area (Å²) >= 11 is 1.75. The highest BCUT2D eigenvalue weighted by Gasteiger charge is 2.16. The molecule has 5 heteroatoms. The fourth-order valence-electron chi connectivity index (χ4n) is 1.97. The molecule has 0 aromatic carbocycles. The molecule has 0 aliphatic carbocycles. The van der Waals surface area contributed by atoms with Crippen LogP contribution in [0, 0.1) is 0 Å². The van der Waals surface area contributed by atoms with Crippen LogP contribution in [0.2, 0.25) is 0 Å². The van der Waals surface area contributed by atoms with Crippen molar-refractivity contribution in [3.63, 3.8) is 0 Å². The molecule has 1 aliphatic rings. The summed E-state index contributed by atoms with van der Waals surface area (Å²) in [7, 11) is 0. The van der Waals surface area contributed by atoms with Crippen molar-refractivity contribution < 1.29 is 4.79 Å². The summed E-state index contributed by atoms with van der Waals surface area (Å²) in [6.45, 7) is 3.73. The second-order valence-electron chi connectivity index (χ2n) is 4.35. The SMILES string of the molecule is CCc1cnc(CNC2CCCNC(=O)C2)s1. The van der Waals surface area contributed by atoms with E-state index in [2.05, 4.69) is 22.5 Å². The van der Waals surface area contributed by atoms with Crippen LogP contribution in [0.5, 0.6) is 0 Å². The highest BCUT2D eigenvalue weighted by molar-refractivity contribution is 7.11. The maximum atomic E-state index is 11.4. The van der Waals surface area contributed by atoms with Gasteiger partial charge in [-0.2, -0.15) is 0 Å². The fourth-order valence-corrected chi connectivity index (χ4v) is 2.79. The van der Waals surface area contributed by atoms with Crippen molar-refractivity contribution in [3.8, 4) is 0 Å². The molecule has 1 unspecified atom stereocenters. The molecule has 0 spiro atoms. The first-order chi connectivity index (χ1) is 8.28. The van der Waals surface area contributed by atoms with Gasteiger partial charge >= 0.3 is 0 Å². The van der Waals surface area contributed by atoms with E-state index in [1.165, 1.54) is 4.88 Å². The Morgan fingerprint density at radius 3 is 3.29 bits per heavy atom. The molecule has 0 radical (unpaired) electrons. The van der Waals surface area contributed by atoms with Gasteiger partial charge < -0.3 is 10.6 Å². The zero-order valence-electron chi connectivity index (χ0n) is 10.2. The number of nitrogens with one attached hydrogen (secondary N) is 2. The molecule has 1 aliphatic heterocycles. The average Bonchev–Trinajstić information content (AvgIpc) is 2.69. The molecule has 1 fully saturated rings. The first-order valence-electron chi connectivity index (χ1n) is 6.21. The van der Waals surface area contributed by atoms with E-state index in [1.54, 1.807) is 11.3 Å². The number of hydrogen-bond acceptors (Lipinski definition) is 4. The predicted molar refractivity (Wildman–Crippen MR) is 69.0 cm³/mol. The van der Waals surface area contributed by atoms with Crippen molar-refractivity contribution in [1.82, 2.24) is 15.6 Å². The number of nitrogens with zero attached hydrogens (tertiary/aromatic N) is 1. The van der Waals surface area contributed by atoms with E-state index in [9.17, 15) is 4.79 Å². The maximum Gasteiger partial charge on any atom is 0.221 e. The third kappa shape index (κ3) is 3.78. The van der Waals surface area contributed by atoms with Crippen LogP contribution >= 0.6 is 11.3 Å². The molecule has 1 atom stereocenters. The number of aromatic nitrogens is 1. The topological polar surface area (TPSA) is 54.0 Å². The minimum Gasteiger partial charge on any atom is -0.356 e. The number of rotatable bonds is 4. The van der Waals surface area contributed by atoms with Crippen molar-refractivity contribution in [2.45, 2.75) is 45.2 Å². The van der Waals surface area contributed by atoms with Gasteiger partial charge in [0.1, 0.15) is 5.01 Å². The lowest BCUT2D eigenvalue weighted by Crippen LogP contribution is -2.32. The van der Waals surface area contributed by atoms with Crippen LogP contribution in [0.4, 0.5) is 0 Å². The molecule has 17 heavy (non-hydrogen) atoms. The molecule has 1 aromatic heterocycles. The maximum absolute atomic E-state index is 11.4. The summed E-state index contributed by atoms with van der Waals surface area (Å²) in [5, 5.41) is 7.44. The molecule has 0 saturated carbocycles. The van der Waals surface area contributed by atoms with Gasteiger partial charge in [-0.1, -0.05) is 6.92 Å². The highest BCUT2D eigenvalue weighted by atomic mass is 32.1. The molecule has 1 amide bonds. The molecule has 2 rings (SSSR count). The van der Waals surface area contributed by atoms with Gasteiger partial charge in [0.25, 0.3) is 0 Å². The van der Waals surface area contributed by atoms with Crippen LogP contribution in [0.15, 0.2) is 6.20 Å². The summed E-state index contributed by atoms with van der Waals surface area (Å²) in [6, 6.07) is 0.298. The quantitative estimate of drug-likeness (QED) is 0.854. The summed E-state index contributed by atoms with van der Waals surface area (Å²) in [5.41, 5.74) is 0. The third-order valence-electron chi connectivity index (χ3n) is 2.98. The van der Waals surface area contributed by atoms with Crippen LogP contribution in [0.1, 0.15) is 36.1 Å². The number of thiazole rings is 1. The lowest BCUT2D eigenvalue weighted by molar-refractivity contribution is -0.121.